The van der Waals surface area contributed by atoms with E-state index < -0.39 is 0 Å². The highest BCUT2D eigenvalue weighted by Gasteiger charge is 2.13. The first-order valence-electron chi connectivity index (χ1n) is 10.4. The van der Waals surface area contributed by atoms with Crippen LogP contribution < -0.4 is 20.7 Å². The second-order valence-corrected chi connectivity index (χ2v) is 7.22. The summed E-state index contributed by atoms with van der Waals surface area (Å²) < 4.78 is 5.20. The average molecular weight is 423 g/mol. The van der Waals surface area contributed by atoms with Crippen molar-refractivity contribution in [3.63, 3.8) is 0 Å². The molecule has 8 nitrogen and oxygen atoms in total. The number of nitrogens with zero attached hydrogens (tertiary/aromatic N) is 3. The molecule has 0 saturated heterocycles. The highest BCUT2D eigenvalue weighted by molar-refractivity contribution is 5.44. The number of rotatable bonds is 11. The van der Waals surface area contributed by atoms with Crippen LogP contribution in [0.3, 0.4) is 0 Å². The maximum absolute atomic E-state index is 9.54. The molecule has 0 bridgehead atoms. The van der Waals surface area contributed by atoms with E-state index in [1.54, 1.807) is 7.11 Å². The average Bonchev–Trinajstić information content (AvgIpc) is 2.82. The van der Waals surface area contributed by atoms with Gasteiger partial charge in [0.2, 0.25) is 17.8 Å². The van der Waals surface area contributed by atoms with Crippen LogP contribution in [0.15, 0.2) is 54.6 Å². The molecular formula is C23H30N6O2. The molecule has 0 aliphatic heterocycles. The number of methoxy groups -OCH3 is 1. The van der Waals surface area contributed by atoms with Crippen molar-refractivity contribution in [3.05, 3.63) is 65.7 Å². The highest BCUT2D eigenvalue weighted by atomic mass is 16.5. The monoisotopic (exact) mass is 422 g/mol. The largest absolute Gasteiger partial charge is 0.497 e. The Morgan fingerprint density at radius 3 is 2.16 bits per heavy atom. The van der Waals surface area contributed by atoms with Crippen LogP contribution in [0, 0.1) is 0 Å². The fraction of sp³-hybridized carbons (Fsp3) is 0.348. The zero-order valence-corrected chi connectivity index (χ0v) is 18.2. The summed E-state index contributed by atoms with van der Waals surface area (Å²) in [6, 6.07) is 17.8. The Morgan fingerprint density at radius 2 is 1.55 bits per heavy atom. The predicted octanol–water partition coefficient (Wildman–Crippen LogP) is 3.85. The van der Waals surface area contributed by atoms with Gasteiger partial charge in [-0.2, -0.15) is 15.0 Å². The minimum atomic E-state index is -0.128. The Balaban J connectivity index is 1.78. The second-order valence-electron chi connectivity index (χ2n) is 7.22. The molecule has 2 aromatic carbocycles. The lowest BCUT2D eigenvalue weighted by molar-refractivity contribution is 0.271. The summed E-state index contributed by atoms with van der Waals surface area (Å²) in [4.78, 5) is 13.5. The molecule has 0 fully saturated rings. The third-order valence-corrected chi connectivity index (χ3v) is 4.94. The van der Waals surface area contributed by atoms with Crippen LogP contribution >= 0.6 is 0 Å². The topological polar surface area (TPSA) is 104 Å². The lowest BCUT2D eigenvalue weighted by Gasteiger charge is -2.18. The lowest BCUT2D eigenvalue weighted by atomic mass is 10.1. The first-order chi connectivity index (χ1) is 15.1. The molecule has 3 aromatic rings. The first-order valence-corrected chi connectivity index (χ1v) is 10.4. The lowest BCUT2D eigenvalue weighted by Crippen LogP contribution is -2.25. The maximum Gasteiger partial charge on any atom is 0.229 e. The van der Waals surface area contributed by atoms with Gasteiger partial charge in [0.05, 0.1) is 25.8 Å². The van der Waals surface area contributed by atoms with Crippen molar-refractivity contribution in [2.75, 3.05) is 29.7 Å². The fourth-order valence-electron chi connectivity index (χ4n) is 2.99. The Hall–Kier alpha value is -3.39. The number of hydrogen-bond acceptors (Lipinski definition) is 8. The van der Waals surface area contributed by atoms with Crippen molar-refractivity contribution >= 4 is 17.8 Å². The molecular weight excluding hydrogens is 392 g/mol. The third kappa shape index (κ3) is 6.55. The number of aliphatic hydroxyl groups excluding tert-OH is 1. The Morgan fingerprint density at radius 1 is 0.903 bits per heavy atom. The molecule has 164 valence electrons. The molecule has 0 radical (unpaired) electrons. The van der Waals surface area contributed by atoms with Gasteiger partial charge in [0.25, 0.3) is 0 Å². The van der Waals surface area contributed by atoms with Crippen LogP contribution in [0.4, 0.5) is 17.8 Å². The van der Waals surface area contributed by atoms with Crippen molar-refractivity contribution in [1.29, 1.82) is 0 Å². The Kier molecular flexibility index (Phi) is 8.00. The van der Waals surface area contributed by atoms with Crippen LogP contribution in [0.1, 0.15) is 37.4 Å². The number of nitrogens with one attached hydrogen (secondary N) is 3. The molecule has 4 N–H and O–H groups in total. The second kappa shape index (κ2) is 11.1. The smallest absolute Gasteiger partial charge is 0.229 e. The summed E-state index contributed by atoms with van der Waals surface area (Å²) in [6.07, 6.45) is 0.750. The quantitative estimate of drug-likeness (QED) is 0.369. The van der Waals surface area contributed by atoms with Gasteiger partial charge in [0, 0.05) is 6.54 Å². The summed E-state index contributed by atoms with van der Waals surface area (Å²) in [5, 5.41) is 19.3. The number of hydrogen-bond donors (Lipinski definition) is 4. The van der Waals surface area contributed by atoms with Crippen molar-refractivity contribution < 1.29 is 9.84 Å². The highest BCUT2D eigenvalue weighted by Crippen LogP contribution is 2.19. The molecule has 0 aliphatic rings. The zero-order valence-electron chi connectivity index (χ0n) is 18.2. The molecule has 0 aliphatic carbocycles. The van der Waals surface area contributed by atoms with Gasteiger partial charge < -0.3 is 25.8 Å². The van der Waals surface area contributed by atoms with Crippen LogP contribution in [0.5, 0.6) is 5.75 Å². The van der Waals surface area contributed by atoms with Gasteiger partial charge in [-0.25, -0.2) is 0 Å². The minimum absolute atomic E-state index is 0.0000267. The summed E-state index contributed by atoms with van der Waals surface area (Å²) in [6.45, 7) is 4.60. The van der Waals surface area contributed by atoms with Crippen LogP contribution in [0.2, 0.25) is 0 Å². The van der Waals surface area contributed by atoms with Crippen LogP contribution in [0.25, 0.3) is 0 Å². The van der Waals surface area contributed by atoms with E-state index >= 15 is 0 Å². The minimum Gasteiger partial charge on any atom is -0.497 e. The van der Waals surface area contributed by atoms with Crippen molar-refractivity contribution in [3.8, 4) is 5.75 Å². The molecule has 1 unspecified atom stereocenters. The summed E-state index contributed by atoms with van der Waals surface area (Å²) in [5.41, 5.74) is 2.21. The predicted molar refractivity (Wildman–Crippen MR) is 123 cm³/mol. The van der Waals surface area contributed by atoms with Crippen LogP contribution in [-0.2, 0) is 6.54 Å². The molecule has 2 atom stereocenters. The van der Waals surface area contributed by atoms with Gasteiger partial charge in [0.1, 0.15) is 5.75 Å². The number of aliphatic hydroxyl groups is 1. The van der Waals surface area contributed by atoms with Gasteiger partial charge in [-0.05, 0) is 36.6 Å². The van der Waals surface area contributed by atoms with E-state index in [4.69, 9.17) is 4.74 Å². The molecule has 0 amide bonds. The van der Waals surface area contributed by atoms with E-state index in [0.29, 0.717) is 24.4 Å². The Labute approximate surface area is 183 Å². The third-order valence-electron chi connectivity index (χ3n) is 4.94. The molecule has 0 spiro atoms. The van der Waals surface area contributed by atoms with E-state index in [9.17, 15) is 5.11 Å². The molecule has 31 heavy (non-hydrogen) atoms. The van der Waals surface area contributed by atoms with Gasteiger partial charge in [-0.15, -0.1) is 0 Å². The Bertz CT molecular complexity index is 933. The van der Waals surface area contributed by atoms with E-state index in [0.717, 1.165) is 23.3 Å². The van der Waals surface area contributed by atoms with Crippen molar-refractivity contribution in [2.45, 2.75) is 38.9 Å². The summed E-state index contributed by atoms with van der Waals surface area (Å²) >= 11 is 0. The normalized spacial score (nSPS) is 12.6. The zero-order chi connectivity index (χ0) is 22.1. The van der Waals surface area contributed by atoms with Gasteiger partial charge in [-0.1, -0.05) is 49.4 Å². The van der Waals surface area contributed by atoms with Gasteiger partial charge in [-0.3, -0.25) is 0 Å². The number of anilines is 3. The van der Waals surface area contributed by atoms with Gasteiger partial charge >= 0.3 is 0 Å². The standard InChI is InChI=1S/C23H30N6O2/c1-4-19(15-30)26-23-28-21(24-14-17-10-12-20(31-3)13-11-17)27-22(29-23)25-16(2)18-8-6-5-7-9-18/h5-13,16,19,30H,4,14-15H2,1-3H3,(H3,24,25,26,27,28,29)/t16?,19-/m1/s1. The SMILES string of the molecule is CC[C@H](CO)Nc1nc(NCc2ccc(OC)cc2)nc(NC(C)c2ccccc2)n1. The number of aromatic nitrogens is 3. The summed E-state index contributed by atoms with van der Waals surface area (Å²) in [7, 11) is 1.65. The van der Waals surface area contributed by atoms with Crippen molar-refractivity contribution in [2.24, 2.45) is 0 Å². The molecule has 1 heterocycles. The number of ether oxygens (including phenoxy) is 1. The van der Waals surface area contributed by atoms with Crippen LogP contribution in [-0.4, -0.2) is 39.8 Å². The number of benzene rings is 2. The molecule has 8 heteroatoms. The molecule has 1 aromatic heterocycles. The first kappa shape index (κ1) is 22.3. The molecule has 0 saturated carbocycles. The summed E-state index contributed by atoms with van der Waals surface area (Å²) in [5.74, 6) is 2.13. The van der Waals surface area contributed by atoms with E-state index in [2.05, 4.69) is 50.0 Å². The fourth-order valence-corrected chi connectivity index (χ4v) is 2.99. The van der Waals surface area contributed by atoms with Gasteiger partial charge in [0.15, 0.2) is 0 Å². The maximum atomic E-state index is 9.54. The van der Waals surface area contributed by atoms with E-state index in [-0.39, 0.29) is 18.7 Å². The van der Waals surface area contributed by atoms with Crippen molar-refractivity contribution in [1.82, 2.24) is 15.0 Å². The molecule has 3 rings (SSSR count). The van der Waals surface area contributed by atoms with E-state index in [1.165, 1.54) is 0 Å². The van der Waals surface area contributed by atoms with E-state index in [1.807, 2.05) is 49.4 Å².